The second kappa shape index (κ2) is 5.53. The van der Waals surface area contributed by atoms with Crippen molar-refractivity contribution in [3.05, 3.63) is 35.0 Å². The molecule has 104 valence electrons. The second-order valence-corrected chi connectivity index (χ2v) is 7.37. The van der Waals surface area contributed by atoms with Crippen molar-refractivity contribution in [3.8, 4) is 0 Å². The lowest BCUT2D eigenvalue weighted by Crippen LogP contribution is -2.10. The predicted octanol–water partition coefficient (Wildman–Crippen LogP) is 2.06. The largest absolute Gasteiger partial charge is 0.346 e. The molecular weight excluding hydrogens is 284 g/mol. The molecule has 19 heavy (non-hydrogen) atoms. The molecule has 1 aromatic carbocycles. The van der Waals surface area contributed by atoms with E-state index in [-0.39, 0.29) is 5.75 Å². The molecule has 0 spiro atoms. The van der Waals surface area contributed by atoms with E-state index in [0.717, 1.165) is 23.0 Å². The van der Waals surface area contributed by atoms with Crippen molar-refractivity contribution in [2.75, 3.05) is 19.1 Å². The predicted molar refractivity (Wildman–Crippen MR) is 79.4 cm³/mol. The van der Waals surface area contributed by atoms with Crippen molar-refractivity contribution in [1.29, 1.82) is 0 Å². The Balaban J connectivity index is 2.44. The normalized spacial score (nSPS) is 12.2. The minimum Gasteiger partial charge on any atom is -0.346 e. The Morgan fingerprint density at radius 3 is 2.74 bits per heavy atom. The zero-order chi connectivity index (χ0) is 14.0. The molecule has 0 saturated carbocycles. The minimum atomic E-state index is -2.97. The van der Waals surface area contributed by atoms with E-state index < -0.39 is 9.84 Å². The number of sulfone groups is 1. The smallest absolute Gasteiger partial charge is 0.149 e. The van der Waals surface area contributed by atoms with Crippen LogP contribution in [0.4, 0.5) is 0 Å². The van der Waals surface area contributed by atoms with E-state index in [9.17, 15) is 8.42 Å². The number of rotatable bonds is 5. The summed E-state index contributed by atoms with van der Waals surface area (Å²) in [5.74, 6) is 0.127. The van der Waals surface area contributed by atoms with Crippen LogP contribution in [0.15, 0.2) is 24.4 Å². The summed E-state index contributed by atoms with van der Waals surface area (Å²) >= 11 is 6.02. The maximum Gasteiger partial charge on any atom is 0.149 e. The highest BCUT2D eigenvalue weighted by Gasteiger charge is 2.10. The molecule has 4 nitrogen and oxygen atoms in total. The Morgan fingerprint density at radius 2 is 2.11 bits per heavy atom. The van der Waals surface area contributed by atoms with Gasteiger partial charge >= 0.3 is 0 Å². The first kappa shape index (κ1) is 14.4. The highest BCUT2D eigenvalue weighted by atomic mass is 35.5. The molecule has 0 unspecified atom stereocenters. The second-order valence-electron chi connectivity index (χ2n) is 4.67. The molecule has 0 saturated heterocycles. The van der Waals surface area contributed by atoms with Crippen LogP contribution >= 0.6 is 11.6 Å². The van der Waals surface area contributed by atoms with Crippen LogP contribution in [-0.4, -0.2) is 32.0 Å². The van der Waals surface area contributed by atoms with Crippen molar-refractivity contribution in [1.82, 2.24) is 9.88 Å². The van der Waals surface area contributed by atoms with E-state index in [2.05, 4.69) is 5.32 Å². The van der Waals surface area contributed by atoms with Gasteiger partial charge in [-0.3, -0.25) is 0 Å². The highest BCUT2D eigenvalue weighted by molar-refractivity contribution is 7.90. The van der Waals surface area contributed by atoms with E-state index in [4.69, 9.17) is 11.6 Å². The monoisotopic (exact) mass is 300 g/mol. The number of halogens is 1. The Hall–Kier alpha value is -1.04. The molecule has 0 atom stereocenters. The van der Waals surface area contributed by atoms with Gasteiger partial charge in [-0.1, -0.05) is 17.7 Å². The molecule has 6 heteroatoms. The number of benzene rings is 1. The summed E-state index contributed by atoms with van der Waals surface area (Å²) in [7, 11) is -1.09. The van der Waals surface area contributed by atoms with Crippen LogP contribution in [0.1, 0.15) is 5.56 Å². The van der Waals surface area contributed by atoms with E-state index in [1.165, 1.54) is 6.26 Å². The van der Waals surface area contributed by atoms with Crippen LogP contribution in [0.25, 0.3) is 10.9 Å². The fourth-order valence-electron chi connectivity index (χ4n) is 2.12. The first-order valence-electron chi connectivity index (χ1n) is 6.00. The van der Waals surface area contributed by atoms with Crippen molar-refractivity contribution in [2.45, 2.75) is 13.1 Å². The van der Waals surface area contributed by atoms with Crippen molar-refractivity contribution < 1.29 is 8.42 Å². The number of aromatic nitrogens is 1. The number of nitrogens with one attached hydrogen (secondary N) is 1. The summed E-state index contributed by atoms with van der Waals surface area (Å²) < 4.78 is 24.5. The highest BCUT2D eigenvalue weighted by Crippen LogP contribution is 2.25. The molecule has 0 aliphatic rings. The van der Waals surface area contributed by atoms with Gasteiger partial charge in [-0.2, -0.15) is 0 Å². The van der Waals surface area contributed by atoms with Crippen LogP contribution in [0.2, 0.25) is 5.02 Å². The summed E-state index contributed by atoms with van der Waals surface area (Å²) in [5.41, 5.74) is 2.11. The quantitative estimate of drug-likeness (QED) is 0.919. The van der Waals surface area contributed by atoms with Gasteiger partial charge in [0.15, 0.2) is 0 Å². The maximum absolute atomic E-state index is 11.3. The van der Waals surface area contributed by atoms with E-state index >= 15 is 0 Å². The average molecular weight is 301 g/mol. The lowest BCUT2D eigenvalue weighted by Gasteiger charge is -2.04. The number of fused-ring (bicyclic) bond motifs is 1. The summed E-state index contributed by atoms with van der Waals surface area (Å²) in [5, 5.41) is 4.87. The SMILES string of the molecule is CNCc1cn(CCS(C)(=O)=O)c2cc(Cl)ccc12. The summed E-state index contributed by atoms with van der Waals surface area (Å²) in [6.07, 6.45) is 3.24. The van der Waals surface area contributed by atoms with Crippen LogP contribution in [0, 0.1) is 0 Å². The molecule has 0 amide bonds. The summed E-state index contributed by atoms with van der Waals surface area (Å²) in [6.45, 7) is 1.18. The maximum atomic E-state index is 11.3. The van der Waals surface area contributed by atoms with Gasteiger partial charge in [-0.15, -0.1) is 0 Å². The Labute approximate surface area is 118 Å². The molecule has 1 aromatic heterocycles. The minimum absolute atomic E-state index is 0.127. The van der Waals surface area contributed by atoms with Crippen LogP contribution in [0.5, 0.6) is 0 Å². The Morgan fingerprint density at radius 1 is 1.37 bits per heavy atom. The molecular formula is C13H17ClN2O2S. The third-order valence-corrected chi connectivity index (χ3v) is 4.16. The molecule has 2 rings (SSSR count). The molecule has 0 aliphatic heterocycles. The first-order chi connectivity index (χ1) is 8.90. The molecule has 0 radical (unpaired) electrons. The summed E-state index contributed by atoms with van der Waals surface area (Å²) in [6, 6.07) is 5.70. The van der Waals surface area contributed by atoms with E-state index in [1.807, 2.05) is 36.0 Å². The van der Waals surface area contributed by atoms with Gasteiger partial charge in [0.2, 0.25) is 0 Å². The standard InChI is InChI=1S/C13H17ClN2O2S/c1-15-8-10-9-16(5-6-19(2,17)18)13-7-11(14)3-4-12(10)13/h3-4,7,9,15H,5-6,8H2,1-2H3. The molecule has 0 bridgehead atoms. The van der Waals surface area contributed by atoms with Crippen molar-refractivity contribution in [3.63, 3.8) is 0 Å². The van der Waals surface area contributed by atoms with Crippen LogP contribution in [-0.2, 0) is 22.9 Å². The zero-order valence-corrected chi connectivity index (χ0v) is 12.6. The fourth-order valence-corrected chi connectivity index (χ4v) is 2.82. The molecule has 0 fully saturated rings. The van der Waals surface area contributed by atoms with Gasteiger partial charge in [0.25, 0.3) is 0 Å². The van der Waals surface area contributed by atoms with Gasteiger partial charge < -0.3 is 9.88 Å². The molecule has 1 heterocycles. The Kier molecular flexibility index (Phi) is 4.18. The molecule has 0 aliphatic carbocycles. The molecule has 2 aromatic rings. The van der Waals surface area contributed by atoms with E-state index in [0.29, 0.717) is 11.6 Å². The molecule has 1 N–H and O–H groups in total. The number of aryl methyl sites for hydroxylation is 1. The van der Waals surface area contributed by atoms with Crippen molar-refractivity contribution >= 4 is 32.3 Å². The fraction of sp³-hybridized carbons (Fsp3) is 0.385. The Bertz CT molecular complexity index is 692. The van der Waals surface area contributed by atoms with Crippen LogP contribution < -0.4 is 5.32 Å². The van der Waals surface area contributed by atoms with Gasteiger partial charge in [0.1, 0.15) is 9.84 Å². The lowest BCUT2D eigenvalue weighted by molar-refractivity contribution is 0.595. The third kappa shape index (κ3) is 3.49. The average Bonchev–Trinajstić information content (AvgIpc) is 2.64. The topological polar surface area (TPSA) is 51.1 Å². The third-order valence-electron chi connectivity index (χ3n) is 3.00. The number of nitrogens with zero attached hydrogens (tertiary/aromatic N) is 1. The van der Waals surface area contributed by atoms with Crippen LogP contribution in [0.3, 0.4) is 0 Å². The number of hydrogen-bond acceptors (Lipinski definition) is 3. The number of hydrogen-bond donors (Lipinski definition) is 1. The summed E-state index contributed by atoms with van der Waals surface area (Å²) in [4.78, 5) is 0. The van der Waals surface area contributed by atoms with Gasteiger partial charge in [0.05, 0.1) is 5.75 Å². The lowest BCUT2D eigenvalue weighted by atomic mass is 10.2. The van der Waals surface area contributed by atoms with Gasteiger partial charge in [0, 0.05) is 41.5 Å². The zero-order valence-electron chi connectivity index (χ0n) is 11.0. The first-order valence-corrected chi connectivity index (χ1v) is 8.44. The van der Waals surface area contributed by atoms with Crippen molar-refractivity contribution in [2.24, 2.45) is 0 Å². The van der Waals surface area contributed by atoms with Gasteiger partial charge in [-0.05, 0) is 24.7 Å². The van der Waals surface area contributed by atoms with Gasteiger partial charge in [-0.25, -0.2) is 8.42 Å². The van der Waals surface area contributed by atoms with E-state index in [1.54, 1.807) is 0 Å².